The lowest BCUT2D eigenvalue weighted by atomic mass is 9.81. The van der Waals surface area contributed by atoms with Gasteiger partial charge < -0.3 is 4.90 Å². The number of halogens is 1. The first-order valence-electron chi connectivity index (χ1n) is 7.14. The number of rotatable bonds is 5. The molecule has 1 aliphatic carbocycles. The van der Waals surface area contributed by atoms with Gasteiger partial charge >= 0.3 is 0 Å². The zero-order chi connectivity index (χ0) is 15.5. The molecule has 0 amide bonds. The summed E-state index contributed by atoms with van der Waals surface area (Å²) < 4.78 is 27.5. The van der Waals surface area contributed by atoms with Crippen LogP contribution in [0.15, 0.2) is 23.2 Å². The number of hydrogen-bond donors (Lipinski definition) is 1. The Kier molecular flexibility index (Phi) is 5.24. The fourth-order valence-corrected chi connectivity index (χ4v) is 4.23. The Balaban J connectivity index is 2.13. The van der Waals surface area contributed by atoms with Crippen molar-refractivity contribution in [3.05, 3.63) is 23.5 Å². The molecule has 0 radical (unpaired) electrons. The van der Waals surface area contributed by atoms with Crippen LogP contribution >= 0.6 is 11.6 Å². The molecule has 2 rings (SSSR count). The molecule has 1 saturated carbocycles. The molecule has 1 aromatic heterocycles. The van der Waals surface area contributed by atoms with E-state index in [1.54, 1.807) is 0 Å². The first-order chi connectivity index (χ1) is 9.86. The highest BCUT2D eigenvalue weighted by molar-refractivity contribution is 7.89. The lowest BCUT2D eigenvalue weighted by Crippen LogP contribution is -2.53. The number of pyridine rings is 1. The van der Waals surface area contributed by atoms with Crippen molar-refractivity contribution in [3.63, 3.8) is 0 Å². The summed E-state index contributed by atoms with van der Waals surface area (Å²) in [4.78, 5) is 6.12. The Hall–Kier alpha value is -0.690. The molecule has 0 aromatic carbocycles. The number of nitrogens with one attached hydrogen (secondary N) is 1. The Bertz CT molecular complexity index is 584. The summed E-state index contributed by atoms with van der Waals surface area (Å²) in [5.74, 6) is 0. The minimum Gasteiger partial charge on any atom is -0.302 e. The summed E-state index contributed by atoms with van der Waals surface area (Å²) in [5, 5.41) is 0.179. The van der Waals surface area contributed by atoms with E-state index in [0.29, 0.717) is 6.54 Å². The predicted molar refractivity (Wildman–Crippen MR) is 83.9 cm³/mol. The highest BCUT2D eigenvalue weighted by atomic mass is 35.5. The molecule has 0 atom stereocenters. The Morgan fingerprint density at radius 1 is 1.33 bits per heavy atom. The predicted octanol–water partition coefficient (Wildman–Crippen LogP) is 2.28. The maximum atomic E-state index is 12.4. The van der Waals surface area contributed by atoms with Crippen molar-refractivity contribution in [1.29, 1.82) is 0 Å². The first-order valence-corrected chi connectivity index (χ1v) is 9.01. The van der Waals surface area contributed by atoms with Gasteiger partial charge in [-0.2, -0.15) is 0 Å². The van der Waals surface area contributed by atoms with Crippen molar-refractivity contribution in [2.45, 2.75) is 42.5 Å². The number of aromatic nitrogens is 1. The Labute approximate surface area is 131 Å². The lowest BCUT2D eigenvalue weighted by molar-refractivity contribution is 0.105. The third-order valence-corrected chi connectivity index (χ3v) is 5.94. The van der Waals surface area contributed by atoms with Gasteiger partial charge in [0.05, 0.1) is 4.90 Å². The van der Waals surface area contributed by atoms with Crippen LogP contribution < -0.4 is 4.72 Å². The number of nitrogens with zero attached hydrogens (tertiary/aromatic N) is 2. The minimum absolute atomic E-state index is 0.0951. The molecule has 0 bridgehead atoms. The minimum atomic E-state index is -3.55. The molecular weight excluding hydrogens is 310 g/mol. The van der Waals surface area contributed by atoms with Gasteiger partial charge in [0.1, 0.15) is 5.15 Å². The van der Waals surface area contributed by atoms with Gasteiger partial charge in [0.25, 0.3) is 0 Å². The van der Waals surface area contributed by atoms with E-state index in [1.807, 2.05) is 14.1 Å². The molecule has 0 aliphatic heterocycles. The summed E-state index contributed by atoms with van der Waals surface area (Å²) in [5.41, 5.74) is -0.0951. The van der Waals surface area contributed by atoms with Gasteiger partial charge in [-0.25, -0.2) is 18.1 Å². The van der Waals surface area contributed by atoms with Crippen molar-refractivity contribution in [2.24, 2.45) is 0 Å². The van der Waals surface area contributed by atoms with Gasteiger partial charge in [0.15, 0.2) is 0 Å². The molecule has 1 aliphatic rings. The molecule has 0 spiro atoms. The lowest BCUT2D eigenvalue weighted by Gasteiger charge is -2.43. The van der Waals surface area contributed by atoms with Crippen LogP contribution in [0.25, 0.3) is 0 Å². The van der Waals surface area contributed by atoms with Crippen LogP contribution in [0.1, 0.15) is 32.1 Å². The van der Waals surface area contributed by atoms with Crippen LogP contribution in [0.5, 0.6) is 0 Å². The normalized spacial score (nSPS) is 18.9. The van der Waals surface area contributed by atoms with Crippen LogP contribution in [0, 0.1) is 0 Å². The molecule has 21 heavy (non-hydrogen) atoms. The summed E-state index contributed by atoms with van der Waals surface area (Å²) in [6.45, 7) is 0.419. The highest BCUT2D eigenvalue weighted by Crippen LogP contribution is 2.32. The number of likely N-dealkylation sites (N-methyl/N-ethyl adjacent to an activating group) is 1. The van der Waals surface area contributed by atoms with Crippen molar-refractivity contribution >= 4 is 21.6 Å². The van der Waals surface area contributed by atoms with Gasteiger partial charge in [-0.1, -0.05) is 30.9 Å². The van der Waals surface area contributed by atoms with E-state index in [-0.39, 0.29) is 15.6 Å². The van der Waals surface area contributed by atoms with E-state index in [4.69, 9.17) is 11.6 Å². The molecule has 5 nitrogen and oxygen atoms in total. The molecule has 7 heteroatoms. The maximum absolute atomic E-state index is 12.4. The number of sulfonamides is 1. The molecule has 1 fully saturated rings. The van der Waals surface area contributed by atoms with E-state index in [0.717, 1.165) is 25.7 Å². The summed E-state index contributed by atoms with van der Waals surface area (Å²) in [6, 6.07) is 2.82. The van der Waals surface area contributed by atoms with Gasteiger partial charge in [-0.15, -0.1) is 0 Å². The SMILES string of the molecule is CN(C)C1(CNS(=O)(=O)c2ccnc(Cl)c2)CCCCC1. The molecule has 1 aromatic rings. The van der Waals surface area contributed by atoms with E-state index in [1.165, 1.54) is 24.8 Å². The zero-order valence-corrected chi connectivity index (χ0v) is 14.0. The maximum Gasteiger partial charge on any atom is 0.240 e. The van der Waals surface area contributed by atoms with Gasteiger partial charge in [-0.05, 0) is 39.1 Å². The molecule has 1 heterocycles. The van der Waals surface area contributed by atoms with Crippen LogP contribution in [0.3, 0.4) is 0 Å². The number of hydrogen-bond acceptors (Lipinski definition) is 4. The fourth-order valence-electron chi connectivity index (χ4n) is 2.86. The Morgan fingerprint density at radius 3 is 2.57 bits per heavy atom. The van der Waals surface area contributed by atoms with Gasteiger partial charge in [0.2, 0.25) is 10.0 Å². The van der Waals surface area contributed by atoms with Crippen LogP contribution in [0.4, 0.5) is 0 Å². The van der Waals surface area contributed by atoms with E-state index in [2.05, 4.69) is 14.6 Å². The highest BCUT2D eigenvalue weighted by Gasteiger charge is 2.35. The second-order valence-electron chi connectivity index (χ2n) is 5.82. The van der Waals surface area contributed by atoms with Gasteiger partial charge in [0, 0.05) is 18.3 Å². The average Bonchev–Trinajstić information content (AvgIpc) is 2.46. The van der Waals surface area contributed by atoms with Crippen molar-refractivity contribution < 1.29 is 8.42 Å². The summed E-state index contributed by atoms with van der Waals surface area (Å²) in [6.07, 6.45) is 6.93. The molecule has 118 valence electrons. The van der Waals surface area contributed by atoms with Gasteiger partial charge in [-0.3, -0.25) is 0 Å². The largest absolute Gasteiger partial charge is 0.302 e. The zero-order valence-electron chi connectivity index (χ0n) is 12.5. The van der Waals surface area contributed by atoms with Crippen LogP contribution in [-0.2, 0) is 10.0 Å². The molecule has 0 unspecified atom stereocenters. The van der Waals surface area contributed by atoms with Crippen LogP contribution in [-0.4, -0.2) is 44.5 Å². The third-order valence-electron chi connectivity index (χ3n) is 4.33. The standard InChI is InChI=1S/C14H22ClN3O2S/c1-18(2)14(7-4-3-5-8-14)11-17-21(19,20)12-6-9-16-13(15)10-12/h6,9-10,17H,3-5,7-8,11H2,1-2H3. The van der Waals surface area contributed by atoms with Crippen LogP contribution in [0.2, 0.25) is 5.15 Å². The Morgan fingerprint density at radius 2 is 2.00 bits per heavy atom. The molecule has 0 saturated heterocycles. The monoisotopic (exact) mass is 331 g/mol. The molecular formula is C14H22ClN3O2S. The topological polar surface area (TPSA) is 62.3 Å². The second kappa shape index (κ2) is 6.60. The van der Waals surface area contributed by atoms with E-state index < -0.39 is 10.0 Å². The quantitative estimate of drug-likeness (QED) is 0.841. The average molecular weight is 332 g/mol. The van der Waals surface area contributed by atoms with E-state index >= 15 is 0 Å². The van der Waals surface area contributed by atoms with E-state index in [9.17, 15) is 8.42 Å². The van der Waals surface area contributed by atoms with Crippen molar-refractivity contribution in [3.8, 4) is 0 Å². The van der Waals surface area contributed by atoms with Crippen molar-refractivity contribution in [1.82, 2.24) is 14.6 Å². The first kappa shape index (κ1) is 16.7. The smallest absolute Gasteiger partial charge is 0.240 e. The molecule has 1 N–H and O–H groups in total. The van der Waals surface area contributed by atoms with Crippen molar-refractivity contribution in [2.75, 3.05) is 20.6 Å². The second-order valence-corrected chi connectivity index (χ2v) is 7.97. The summed E-state index contributed by atoms with van der Waals surface area (Å²) >= 11 is 5.77. The third kappa shape index (κ3) is 3.94. The summed E-state index contributed by atoms with van der Waals surface area (Å²) in [7, 11) is 0.479. The fraction of sp³-hybridized carbons (Fsp3) is 0.643.